The number of benzene rings is 2. The number of para-hydroxylation sites is 1. The van der Waals surface area contributed by atoms with Crippen LogP contribution in [0.3, 0.4) is 0 Å². The molecular formula is C22H22N4O4S. The van der Waals surface area contributed by atoms with Crippen molar-refractivity contribution in [2.24, 2.45) is 0 Å². The first-order valence-electron chi connectivity index (χ1n) is 9.67. The fourth-order valence-corrected chi connectivity index (χ4v) is 4.10. The van der Waals surface area contributed by atoms with E-state index in [4.69, 9.17) is 4.74 Å². The van der Waals surface area contributed by atoms with Gasteiger partial charge in [-0.15, -0.1) is 0 Å². The lowest BCUT2D eigenvalue weighted by Gasteiger charge is -2.11. The van der Waals surface area contributed by atoms with Crippen molar-refractivity contribution in [3.05, 3.63) is 65.2 Å². The second-order valence-electron chi connectivity index (χ2n) is 6.72. The molecule has 0 spiro atoms. The number of ether oxygens (including phenoxy) is 1. The van der Waals surface area contributed by atoms with Gasteiger partial charge in [0.25, 0.3) is 0 Å². The van der Waals surface area contributed by atoms with Gasteiger partial charge in [0.15, 0.2) is 0 Å². The number of nitriles is 1. The number of nitrogens with one attached hydrogen (secondary N) is 2. The van der Waals surface area contributed by atoms with E-state index >= 15 is 0 Å². The molecule has 0 radical (unpaired) electrons. The second kappa shape index (κ2) is 9.55. The third-order valence-electron chi connectivity index (χ3n) is 4.53. The van der Waals surface area contributed by atoms with E-state index in [0.717, 1.165) is 16.5 Å². The summed E-state index contributed by atoms with van der Waals surface area (Å²) in [6.07, 6.45) is 0. The normalized spacial score (nSPS) is 11.1. The molecule has 31 heavy (non-hydrogen) atoms. The minimum absolute atomic E-state index is 0.0322. The van der Waals surface area contributed by atoms with E-state index in [0.29, 0.717) is 11.4 Å². The summed E-state index contributed by atoms with van der Waals surface area (Å²) < 4.78 is 32.5. The number of carbonyl (C=O) groups excluding carboxylic acids is 1. The monoisotopic (exact) mass is 438 g/mol. The SMILES string of the molecule is CCOC(=O)c1cccc(S(=O)(=O)NCCNc2nc3c(C)cccc3cc2C#N)c1. The molecule has 9 heteroatoms. The van der Waals surface area contributed by atoms with Gasteiger partial charge in [-0.1, -0.05) is 24.3 Å². The minimum atomic E-state index is -3.83. The fraction of sp³-hybridized carbons (Fsp3) is 0.227. The van der Waals surface area contributed by atoms with Crippen molar-refractivity contribution >= 4 is 32.7 Å². The summed E-state index contributed by atoms with van der Waals surface area (Å²) in [5.74, 6) is -0.185. The summed E-state index contributed by atoms with van der Waals surface area (Å²) in [6.45, 7) is 4.09. The van der Waals surface area contributed by atoms with E-state index in [1.807, 2.05) is 25.1 Å². The van der Waals surface area contributed by atoms with Crippen LogP contribution in [-0.4, -0.2) is 39.1 Å². The van der Waals surface area contributed by atoms with Crippen LogP contribution in [0.15, 0.2) is 53.4 Å². The lowest BCUT2D eigenvalue weighted by Crippen LogP contribution is -2.29. The number of aryl methyl sites for hydroxylation is 1. The summed E-state index contributed by atoms with van der Waals surface area (Å²) in [5.41, 5.74) is 2.30. The first-order valence-corrected chi connectivity index (χ1v) is 11.1. The number of rotatable bonds is 8. The van der Waals surface area contributed by atoms with Crippen LogP contribution >= 0.6 is 0 Å². The van der Waals surface area contributed by atoms with Gasteiger partial charge >= 0.3 is 5.97 Å². The Hall–Kier alpha value is -3.48. The minimum Gasteiger partial charge on any atom is -0.462 e. The molecule has 0 aliphatic carbocycles. The van der Waals surface area contributed by atoms with Crippen LogP contribution in [0.2, 0.25) is 0 Å². The van der Waals surface area contributed by atoms with Crippen LogP contribution in [0.1, 0.15) is 28.4 Å². The average molecular weight is 439 g/mol. The number of hydrogen-bond acceptors (Lipinski definition) is 7. The third-order valence-corrected chi connectivity index (χ3v) is 5.99. The van der Waals surface area contributed by atoms with Crippen molar-refractivity contribution in [3.8, 4) is 6.07 Å². The first-order chi connectivity index (χ1) is 14.9. The van der Waals surface area contributed by atoms with E-state index in [-0.39, 0.29) is 30.2 Å². The number of fused-ring (bicyclic) bond motifs is 1. The van der Waals surface area contributed by atoms with Gasteiger partial charge in [0.1, 0.15) is 11.9 Å². The van der Waals surface area contributed by atoms with E-state index in [2.05, 4.69) is 21.1 Å². The highest BCUT2D eigenvalue weighted by molar-refractivity contribution is 7.89. The van der Waals surface area contributed by atoms with Crippen LogP contribution in [0, 0.1) is 18.3 Å². The van der Waals surface area contributed by atoms with Gasteiger partial charge in [-0.2, -0.15) is 5.26 Å². The lowest BCUT2D eigenvalue weighted by atomic mass is 10.1. The molecule has 2 N–H and O–H groups in total. The molecule has 0 aliphatic rings. The van der Waals surface area contributed by atoms with Gasteiger partial charge in [0.05, 0.1) is 28.1 Å². The molecule has 0 bridgehead atoms. The van der Waals surface area contributed by atoms with Gasteiger partial charge in [-0.3, -0.25) is 0 Å². The number of esters is 1. The fourth-order valence-electron chi connectivity index (χ4n) is 3.02. The number of pyridine rings is 1. The average Bonchev–Trinajstić information content (AvgIpc) is 2.77. The second-order valence-corrected chi connectivity index (χ2v) is 8.48. The van der Waals surface area contributed by atoms with Crippen molar-refractivity contribution < 1.29 is 17.9 Å². The quantitative estimate of drug-likeness (QED) is 0.410. The number of hydrogen-bond donors (Lipinski definition) is 2. The number of carbonyl (C=O) groups is 1. The summed E-state index contributed by atoms with van der Waals surface area (Å²) >= 11 is 0. The standard InChI is InChI=1S/C22H22N4O4S/c1-3-30-22(27)17-8-5-9-19(13-17)31(28,29)25-11-10-24-21-18(14-23)12-16-7-4-6-15(2)20(16)26-21/h4-9,12-13,25H,3,10-11H2,1-2H3,(H,24,26). The molecule has 0 unspecified atom stereocenters. The van der Waals surface area contributed by atoms with Crippen LogP contribution in [0.25, 0.3) is 10.9 Å². The topological polar surface area (TPSA) is 121 Å². The van der Waals surface area contributed by atoms with Crippen molar-refractivity contribution in [1.29, 1.82) is 5.26 Å². The Morgan fingerprint density at radius 1 is 1.16 bits per heavy atom. The summed E-state index contributed by atoms with van der Waals surface area (Å²) in [6, 6.07) is 15.2. The molecule has 3 rings (SSSR count). The number of anilines is 1. The Balaban J connectivity index is 1.68. The maximum absolute atomic E-state index is 12.6. The van der Waals surface area contributed by atoms with Crippen molar-refractivity contribution in [2.45, 2.75) is 18.7 Å². The van der Waals surface area contributed by atoms with E-state index in [1.165, 1.54) is 24.3 Å². The molecule has 0 aliphatic heterocycles. The molecule has 0 fully saturated rings. The Bertz CT molecular complexity index is 1270. The van der Waals surface area contributed by atoms with Crippen LogP contribution < -0.4 is 10.0 Å². The molecule has 0 saturated carbocycles. The zero-order valence-electron chi connectivity index (χ0n) is 17.2. The van der Waals surface area contributed by atoms with E-state index in [1.54, 1.807) is 13.0 Å². The predicted molar refractivity (Wildman–Crippen MR) is 117 cm³/mol. The zero-order valence-corrected chi connectivity index (χ0v) is 18.0. The molecule has 0 amide bonds. The van der Waals surface area contributed by atoms with Crippen LogP contribution in [-0.2, 0) is 14.8 Å². The molecule has 2 aromatic carbocycles. The highest BCUT2D eigenvalue weighted by atomic mass is 32.2. The predicted octanol–water partition coefficient (Wildman–Crippen LogP) is 2.98. The molecule has 1 aromatic heterocycles. The zero-order chi connectivity index (χ0) is 22.4. The summed E-state index contributed by atoms with van der Waals surface area (Å²) in [7, 11) is -3.83. The number of sulfonamides is 1. The highest BCUT2D eigenvalue weighted by Crippen LogP contribution is 2.22. The maximum atomic E-state index is 12.6. The Kier molecular flexibility index (Phi) is 6.84. The summed E-state index contributed by atoms with van der Waals surface area (Å²) in [4.78, 5) is 16.3. The van der Waals surface area contributed by atoms with E-state index in [9.17, 15) is 18.5 Å². The molecule has 1 heterocycles. The van der Waals surface area contributed by atoms with Crippen LogP contribution in [0.5, 0.6) is 0 Å². The van der Waals surface area contributed by atoms with Crippen molar-refractivity contribution in [1.82, 2.24) is 9.71 Å². The Morgan fingerprint density at radius 3 is 2.68 bits per heavy atom. The Morgan fingerprint density at radius 2 is 1.94 bits per heavy atom. The first kappa shape index (κ1) is 22.2. The summed E-state index contributed by atoms with van der Waals surface area (Å²) in [5, 5.41) is 13.3. The number of nitrogens with zero attached hydrogens (tertiary/aromatic N) is 2. The molecular weight excluding hydrogens is 416 g/mol. The number of aromatic nitrogens is 1. The van der Waals surface area contributed by atoms with E-state index < -0.39 is 16.0 Å². The molecule has 0 saturated heterocycles. The van der Waals surface area contributed by atoms with Crippen molar-refractivity contribution in [2.75, 3.05) is 25.0 Å². The third kappa shape index (κ3) is 5.17. The largest absolute Gasteiger partial charge is 0.462 e. The molecule has 3 aromatic rings. The van der Waals surface area contributed by atoms with Gasteiger partial charge in [-0.25, -0.2) is 22.9 Å². The molecule has 8 nitrogen and oxygen atoms in total. The maximum Gasteiger partial charge on any atom is 0.338 e. The lowest BCUT2D eigenvalue weighted by molar-refractivity contribution is 0.0526. The van der Waals surface area contributed by atoms with Gasteiger partial charge in [0.2, 0.25) is 10.0 Å². The smallest absolute Gasteiger partial charge is 0.338 e. The Labute approximate surface area is 180 Å². The van der Waals surface area contributed by atoms with Gasteiger partial charge < -0.3 is 10.1 Å². The highest BCUT2D eigenvalue weighted by Gasteiger charge is 2.16. The van der Waals surface area contributed by atoms with Crippen molar-refractivity contribution in [3.63, 3.8) is 0 Å². The van der Waals surface area contributed by atoms with Gasteiger partial charge in [0, 0.05) is 18.5 Å². The van der Waals surface area contributed by atoms with Crippen LogP contribution in [0.4, 0.5) is 5.82 Å². The van der Waals surface area contributed by atoms with Gasteiger partial charge in [-0.05, 0) is 43.7 Å². The molecule has 160 valence electrons. The molecule has 0 atom stereocenters.